The molecule has 0 saturated heterocycles. The summed E-state index contributed by atoms with van der Waals surface area (Å²) < 4.78 is 44.2. The molecule has 6 nitrogen and oxygen atoms in total. The van der Waals surface area contributed by atoms with Crippen molar-refractivity contribution in [1.82, 2.24) is 0 Å². The number of rotatable bonds is 7. The first-order valence-corrected chi connectivity index (χ1v) is 8.75. The minimum atomic E-state index is -4.68. The van der Waals surface area contributed by atoms with E-state index in [4.69, 9.17) is 4.74 Å². The summed E-state index contributed by atoms with van der Waals surface area (Å²) in [7, 11) is 0. The van der Waals surface area contributed by atoms with Crippen molar-refractivity contribution in [3.05, 3.63) is 99.6 Å². The van der Waals surface area contributed by atoms with Crippen molar-refractivity contribution in [2.45, 2.75) is 12.8 Å². The van der Waals surface area contributed by atoms with Crippen LogP contribution in [0.5, 0.6) is 5.75 Å². The number of hydrazone groups is 1. The number of ether oxygens (including phenoxy) is 1. The lowest BCUT2D eigenvalue weighted by molar-refractivity contribution is -0.384. The molecule has 30 heavy (non-hydrogen) atoms. The van der Waals surface area contributed by atoms with Crippen molar-refractivity contribution in [2.75, 3.05) is 5.43 Å². The molecule has 0 atom stereocenters. The monoisotopic (exact) mass is 415 g/mol. The fraction of sp³-hybridized carbons (Fsp3) is 0.0952. The van der Waals surface area contributed by atoms with Crippen molar-refractivity contribution in [3.63, 3.8) is 0 Å². The predicted molar refractivity (Wildman–Crippen MR) is 107 cm³/mol. The Balaban J connectivity index is 1.75. The van der Waals surface area contributed by atoms with Crippen LogP contribution in [0.2, 0.25) is 0 Å². The summed E-state index contributed by atoms with van der Waals surface area (Å²) >= 11 is 0. The molecule has 0 aromatic heterocycles. The first-order chi connectivity index (χ1) is 14.3. The van der Waals surface area contributed by atoms with E-state index in [0.717, 1.165) is 17.7 Å². The van der Waals surface area contributed by atoms with E-state index in [1.54, 1.807) is 24.3 Å². The summed E-state index contributed by atoms with van der Waals surface area (Å²) in [6.07, 6.45) is -3.30. The van der Waals surface area contributed by atoms with Crippen molar-refractivity contribution >= 4 is 17.6 Å². The summed E-state index contributed by atoms with van der Waals surface area (Å²) in [6.45, 7) is 0.337. The van der Waals surface area contributed by atoms with Crippen molar-refractivity contribution in [2.24, 2.45) is 5.10 Å². The maximum atomic E-state index is 12.8. The van der Waals surface area contributed by atoms with E-state index in [1.165, 1.54) is 6.21 Å². The third-order valence-corrected chi connectivity index (χ3v) is 4.07. The molecule has 0 aliphatic heterocycles. The van der Waals surface area contributed by atoms with E-state index in [1.807, 2.05) is 30.3 Å². The molecule has 0 spiro atoms. The highest BCUT2D eigenvalue weighted by Crippen LogP contribution is 2.35. The Bertz CT molecular complexity index is 1050. The highest BCUT2D eigenvalue weighted by molar-refractivity contribution is 5.84. The van der Waals surface area contributed by atoms with Gasteiger partial charge in [0.05, 0.1) is 16.7 Å². The molecule has 3 rings (SSSR count). The van der Waals surface area contributed by atoms with E-state index in [-0.39, 0.29) is 5.69 Å². The van der Waals surface area contributed by atoms with Gasteiger partial charge in [0, 0.05) is 11.6 Å². The molecule has 0 radical (unpaired) electrons. The van der Waals surface area contributed by atoms with Crippen LogP contribution in [0.4, 0.5) is 24.5 Å². The Morgan fingerprint density at radius 1 is 1.03 bits per heavy atom. The molecule has 0 unspecified atom stereocenters. The molecule has 0 heterocycles. The maximum absolute atomic E-state index is 12.8. The summed E-state index contributed by atoms with van der Waals surface area (Å²) in [5.74, 6) is 0.536. The van der Waals surface area contributed by atoms with Gasteiger partial charge in [-0.15, -0.1) is 0 Å². The zero-order chi connectivity index (χ0) is 21.6. The van der Waals surface area contributed by atoms with E-state index in [0.29, 0.717) is 24.0 Å². The van der Waals surface area contributed by atoms with E-state index >= 15 is 0 Å². The van der Waals surface area contributed by atoms with E-state index < -0.39 is 22.4 Å². The van der Waals surface area contributed by atoms with Gasteiger partial charge in [0.15, 0.2) is 0 Å². The highest BCUT2D eigenvalue weighted by Gasteiger charge is 2.33. The lowest BCUT2D eigenvalue weighted by Crippen LogP contribution is -2.06. The Hall–Kier alpha value is -3.88. The number of nitro groups is 1. The van der Waals surface area contributed by atoms with Gasteiger partial charge in [-0.3, -0.25) is 15.5 Å². The third-order valence-electron chi connectivity index (χ3n) is 4.07. The molecule has 0 aliphatic rings. The Morgan fingerprint density at radius 3 is 2.43 bits per heavy atom. The number of hydrogen-bond acceptors (Lipinski definition) is 5. The topological polar surface area (TPSA) is 76.8 Å². The van der Waals surface area contributed by atoms with Gasteiger partial charge in [0.1, 0.15) is 18.0 Å². The molecule has 9 heteroatoms. The minimum absolute atomic E-state index is 0.160. The van der Waals surface area contributed by atoms with Gasteiger partial charge in [-0.2, -0.15) is 18.3 Å². The fourth-order valence-corrected chi connectivity index (χ4v) is 2.58. The smallest absolute Gasteiger partial charge is 0.416 e. The van der Waals surface area contributed by atoms with Gasteiger partial charge >= 0.3 is 6.18 Å². The number of para-hydroxylation sites is 1. The number of nitrogens with zero attached hydrogens (tertiary/aromatic N) is 2. The largest absolute Gasteiger partial charge is 0.488 e. The Labute approximate surface area is 169 Å². The van der Waals surface area contributed by atoms with Crippen LogP contribution in [0, 0.1) is 10.1 Å². The van der Waals surface area contributed by atoms with Gasteiger partial charge in [-0.25, -0.2) is 0 Å². The SMILES string of the molecule is O=[N+]([O-])c1cc(C(F)(F)F)ccc1NN=Cc1ccccc1OCc1ccccc1. The van der Waals surface area contributed by atoms with Crippen LogP contribution >= 0.6 is 0 Å². The van der Waals surface area contributed by atoms with Gasteiger partial charge in [0.25, 0.3) is 5.69 Å². The number of alkyl halides is 3. The summed E-state index contributed by atoms with van der Waals surface area (Å²) in [6, 6.07) is 18.7. The summed E-state index contributed by atoms with van der Waals surface area (Å²) in [5.41, 5.74) is 2.00. The molecule has 0 aliphatic carbocycles. The van der Waals surface area contributed by atoms with Crippen LogP contribution in [0.15, 0.2) is 77.9 Å². The van der Waals surface area contributed by atoms with Crippen LogP contribution < -0.4 is 10.2 Å². The molecule has 0 amide bonds. The van der Waals surface area contributed by atoms with E-state index in [9.17, 15) is 23.3 Å². The minimum Gasteiger partial charge on any atom is -0.488 e. The van der Waals surface area contributed by atoms with Gasteiger partial charge in [-0.1, -0.05) is 42.5 Å². The van der Waals surface area contributed by atoms with Gasteiger partial charge < -0.3 is 4.74 Å². The zero-order valence-electron chi connectivity index (χ0n) is 15.5. The molecule has 1 N–H and O–H groups in total. The van der Waals surface area contributed by atoms with Crippen LogP contribution in [0.25, 0.3) is 0 Å². The average molecular weight is 415 g/mol. The molecule has 0 bridgehead atoms. The average Bonchev–Trinajstić information content (AvgIpc) is 2.73. The fourth-order valence-electron chi connectivity index (χ4n) is 2.58. The standard InChI is InChI=1S/C21H16F3N3O3/c22-21(23,24)17-10-11-18(19(12-17)27(28)29)26-25-13-16-8-4-5-9-20(16)30-14-15-6-2-1-3-7-15/h1-13,26H,14H2. The van der Waals surface area contributed by atoms with Crippen LogP contribution in [0.3, 0.4) is 0 Å². The Kier molecular flexibility index (Phi) is 6.31. The van der Waals surface area contributed by atoms with Crippen molar-refractivity contribution in [1.29, 1.82) is 0 Å². The molecule has 0 fully saturated rings. The molecule has 154 valence electrons. The van der Waals surface area contributed by atoms with Crippen LogP contribution in [-0.2, 0) is 12.8 Å². The Morgan fingerprint density at radius 2 is 1.73 bits per heavy atom. The molecule has 3 aromatic carbocycles. The highest BCUT2D eigenvalue weighted by atomic mass is 19.4. The lowest BCUT2D eigenvalue weighted by Gasteiger charge is -2.10. The number of nitrogens with one attached hydrogen (secondary N) is 1. The quantitative estimate of drug-likeness (QED) is 0.308. The lowest BCUT2D eigenvalue weighted by atomic mass is 10.1. The van der Waals surface area contributed by atoms with Crippen LogP contribution in [-0.4, -0.2) is 11.1 Å². The summed E-state index contributed by atoms with van der Waals surface area (Å²) in [4.78, 5) is 10.2. The van der Waals surface area contributed by atoms with Gasteiger partial charge in [-0.05, 0) is 29.8 Å². The normalized spacial score (nSPS) is 11.4. The first kappa shape index (κ1) is 20.8. The summed E-state index contributed by atoms with van der Waals surface area (Å²) in [5, 5.41) is 15.1. The van der Waals surface area contributed by atoms with E-state index in [2.05, 4.69) is 10.5 Å². The van der Waals surface area contributed by atoms with Crippen molar-refractivity contribution in [3.8, 4) is 5.75 Å². The second-order valence-electron chi connectivity index (χ2n) is 6.17. The number of halogens is 3. The molecule has 0 saturated carbocycles. The number of anilines is 1. The second kappa shape index (κ2) is 9.08. The second-order valence-corrected chi connectivity index (χ2v) is 6.17. The van der Waals surface area contributed by atoms with Gasteiger partial charge in [0.2, 0.25) is 0 Å². The molecular formula is C21H16F3N3O3. The first-order valence-electron chi connectivity index (χ1n) is 8.75. The van der Waals surface area contributed by atoms with Crippen LogP contribution in [0.1, 0.15) is 16.7 Å². The molecule has 3 aromatic rings. The number of nitro benzene ring substituents is 1. The molecular weight excluding hydrogens is 399 g/mol. The number of benzene rings is 3. The number of hydrogen-bond donors (Lipinski definition) is 1. The predicted octanol–water partition coefficient (Wildman–Crippen LogP) is 5.64. The third kappa shape index (κ3) is 5.34. The zero-order valence-corrected chi connectivity index (χ0v) is 15.5. The maximum Gasteiger partial charge on any atom is 0.416 e. The van der Waals surface area contributed by atoms with Crippen molar-refractivity contribution < 1.29 is 22.8 Å².